The maximum absolute atomic E-state index is 12.7. The highest BCUT2D eigenvalue weighted by molar-refractivity contribution is 7.89. The lowest BCUT2D eigenvalue weighted by Gasteiger charge is -2.26. The number of sulfonamides is 1. The van der Waals surface area contributed by atoms with Gasteiger partial charge in [0.05, 0.1) is 17.1 Å². The summed E-state index contributed by atoms with van der Waals surface area (Å²) in [5.74, 6) is -0.134. The molecule has 0 spiro atoms. The number of amides is 1. The van der Waals surface area contributed by atoms with Gasteiger partial charge in [0.2, 0.25) is 10.0 Å². The number of piperidine rings is 1. The lowest BCUT2D eigenvalue weighted by atomic mass is 10.2. The van der Waals surface area contributed by atoms with Crippen LogP contribution < -0.4 is 0 Å². The van der Waals surface area contributed by atoms with E-state index in [0.29, 0.717) is 31.7 Å². The van der Waals surface area contributed by atoms with Crippen LogP contribution in [0.15, 0.2) is 41.7 Å². The molecular formula is C18H20N4O3S. The van der Waals surface area contributed by atoms with Gasteiger partial charge < -0.3 is 4.90 Å². The number of carbonyl (C=O) groups is 1. The molecule has 1 aromatic carbocycles. The number of fused-ring (bicyclic) bond motifs is 1. The van der Waals surface area contributed by atoms with Crippen LogP contribution in [0.2, 0.25) is 0 Å². The Morgan fingerprint density at radius 3 is 2.42 bits per heavy atom. The standard InChI is InChI=1S/C18H20N4O3S/c23-18(21-11-15-10-19-13-20-17(15)12-21)14-4-6-16(7-5-14)26(24,25)22-8-2-1-3-9-22/h4-7,10,13H,1-3,8-9,11-12H2. The normalized spacial score (nSPS) is 17.9. The van der Waals surface area contributed by atoms with Crippen molar-refractivity contribution in [1.29, 1.82) is 0 Å². The van der Waals surface area contributed by atoms with Crippen LogP contribution in [-0.4, -0.2) is 46.6 Å². The summed E-state index contributed by atoms with van der Waals surface area (Å²) in [6.45, 7) is 2.06. The van der Waals surface area contributed by atoms with Gasteiger partial charge in [-0.25, -0.2) is 18.4 Å². The van der Waals surface area contributed by atoms with Crippen molar-refractivity contribution in [1.82, 2.24) is 19.2 Å². The number of rotatable bonds is 3. The van der Waals surface area contributed by atoms with Crippen molar-refractivity contribution in [2.45, 2.75) is 37.2 Å². The second-order valence-corrected chi connectivity index (χ2v) is 8.58. The minimum atomic E-state index is -3.48. The molecular weight excluding hydrogens is 352 g/mol. The van der Waals surface area contributed by atoms with Crippen LogP contribution in [0, 0.1) is 0 Å². The number of benzene rings is 1. The molecule has 0 aliphatic carbocycles. The number of nitrogens with zero attached hydrogens (tertiary/aromatic N) is 4. The quantitative estimate of drug-likeness (QED) is 0.820. The summed E-state index contributed by atoms with van der Waals surface area (Å²) >= 11 is 0. The van der Waals surface area contributed by atoms with Gasteiger partial charge in [0.25, 0.3) is 5.91 Å². The Labute approximate surface area is 152 Å². The molecule has 0 radical (unpaired) electrons. The zero-order valence-electron chi connectivity index (χ0n) is 14.3. The summed E-state index contributed by atoms with van der Waals surface area (Å²) in [5, 5.41) is 0. The van der Waals surface area contributed by atoms with Crippen LogP contribution in [0.3, 0.4) is 0 Å². The molecule has 2 aromatic rings. The van der Waals surface area contributed by atoms with Crippen LogP contribution in [0.5, 0.6) is 0 Å². The Bertz CT molecular complexity index is 897. The van der Waals surface area contributed by atoms with E-state index in [1.165, 1.54) is 22.8 Å². The van der Waals surface area contributed by atoms with Gasteiger partial charge >= 0.3 is 0 Å². The Hall–Kier alpha value is -2.32. The molecule has 0 bridgehead atoms. The Kier molecular flexibility index (Phi) is 4.46. The molecule has 7 nitrogen and oxygen atoms in total. The van der Waals surface area contributed by atoms with Crippen LogP contribution in [0.4, 0.5) is 0 Å². The topological polar surface area (TPSA) is 83.5 Å². The number of hydrogen-bond donors (Lipinski definition) is 0. The van der Waals surface area contributed by atoms with Crippen LogP contribution >= 0.6 is 0 Å². The molecule has 26 heavy (non-hydrogen) atoms. The first-order valence-corrected chi connectivity index (χ1v) is 10.2. The Morgan fingerprint density at radius 2 is 1.73 bits per heavy atom. The first-order chi connectivity index (χ1) is 12.6. The first kappa shape index (κ1) is 17.1. The fourth-order valence-electron chi connectivity index (χ4n) is 3.45. The zero-order chi connectivity index (χ0) is 18.1. The molecule has 3 heterocycles. The predicted molar refractivity (Wildman–Crippen MR) is 94.7 cm³/mol. The highest BCUT2D eigenvalue weighted by atomic mass is 32.2. The molecule has 1 aromatic heterocycles. The highest BCUT2D eigenvalue weighted by Gasteiger charge is 2.28. The minimum Gasteiger partial charge on any atom is -0.328 e. The second-order valence-electron chi connectivity index (χ2n) is 6.65. The van der Waals surface area contributed by atoms with Gasteiger partial charge in [-0.3, -0.25) is 4.79 Å². The van der Waals surface area contributed by atoms with Crippen molar-refractivity contribution in [2.24, 2.45) is 0 Å². The van der Waals surface area contributed by atoms with Gasteiger partial charge in [0.15, 0.2) is 0 Å². The van der Waals surface area contributed by atoms with Crippen molar-refractivity contribution < 1.29 is 13.2 Å². The molecule has 0 atom stereocenters. The first-order valence-electron chi connectivity index (χ1n) is 8.73. The molecule has 2 aliphatic heterocycles. The third kappa shape index (κ3) is 3.10. The van der Waals surface area contributed by atoms with E-state index < -0.39 is 10.0 Å². The SMILES string of the molecule is O=C(c1ccc(S(=O)(=O)N2CCCCC2)cc1)N1Cc2cncnc2C1. The van der Waals surface area contributed by atoms with Crippen molar-refractivity contribution in [3.8, 4) is 0 Å². The van der Waals surface area contributed by atoms with Crippen LogP contribution in [0.25, 0.3) is 0 Å². The smallest absolute Gasteiger partial charge is 0.254 e. The van der Waals surface area contributed by atoms with Gasteiger partial charge in [-0.15, -0.1) is 0 Å². The van der Waals surface area contributed by atoms with Gasteiger partial charge in [0.1, 0.15) is 6.33 Å². The average Bonchev–Trinajstić information content (AvgIpc) is 3.12. The lowest BCUT2D eigenvalue weighted by Crippen LogP contribution is -2.35. The zero-order valence-corrected chi connectivity index (χ0v) is 15.2. The average molecular weight is 372 g/mol. The molecule has 4 rings (SSSR count). The third-order valence-electron chi connectivity index (χ3n) is 4.92. The van der Waals surface area contributed by atoms with E-state index in [9.17, 15) is 13.2 Å². The van der Waals surface area contributed by atoms with E-state index in [0.717, 1.165) is 30.5 Å². The van der Waals surface area contributed by atoms with E-state index in [1.807, 2.05) is 0 Å². The maximum Gasteiger partial charge on any atom is 0.254 e. The predicted octanol–water partition coefficient (Wildman–Crippen LogP) is 1.81. The molecule has 0 unspecified atom stereocenters. The van der Waals surface area contributed by atoms with Crippen molar-refractivity contribution >= 4 is 15.9 Å². The Morgan fingerprint density at radius 1 is 1.00 bits per heavy atom. The molecule has 1 amide bonds. The van der Waals surface area contributed by atoms with Gasteiger partial charge in [-0.05, 0) is 37.1 Å². The fourth-order valence-corrected chi connectivity index (χ4v) is 4.97. The number of hydrogen-bond acceptors (Lipinski definition) is 5. The summed E-state index contributed by atoms with van der Waals surface area (Å²) < 4.78 is 26.9. The van der Waals surface area contributed by atoms with Crippen LogP contribution in [-0.2, 0) is 23.1 Å². The van der Waals surface area contributed by atoms with Crippen molar-refractivity contribution in [3.05, 3.63) is 53.6 Å². The molecule has 1 fully saturated rings. The largest absolute Gasteiger partial charge is 0.328 e. The van der Waals surface area contributed by atoms with Gasteiger partial charge in [-0.2, -0.15) is 4.31 Å². The molecule has 0 N–H and O–H groups in total. The third-order valence-corrected chi connectivity index (χ3v) is 6.84. The van der Waals surface area contributed by atoms with Crippen LogP contribution in [0.1, 0.15) is 40.9 Å². The highest BCUT2D eigenvalue weighted by Crippen LogP contribution is 2.24. The maximum atomic E-state index is 12.7. The Balaban J connectivity index is 1.50. The van der Waals surface area contributed by atoms with Crippen molar-refractivity contribution in [3.63, 3.8) is 0 Å². The number of aromatic nitrogens is 2. The van der Waals surface area contributed by atoms with E-state index in [-0.39, 0.29) is 10.8 Å². The van der Waals surface area contributed by atoms with E-state index in [1.54, 1.807) is 23.2 Å². The molecule has 0 saturated carbocycles. The van der Waals surface area contributed by atoms with E-state index in [2.05, 4.69) is 9.97 Å². The fraction of sp³-hybridized carbons (Fsp3) is 0.389. The molecule has 1 saturated heterocycles. The van der Waals surface area contributed by atoms with E-state index in [4.69, 9.17) is 0 Å². The second kappa shape index (κ2) is 6.77. The summed E-state index contributed by atoms with van der Waals surface area (Å²) in [4.78, 5) is 22.8. The summed E-state index contributed by atoms with van der Waals surface area (Å²) in [6.07, 6.45) is 6.07. The molecule has 136 valence electrons. The van der Waals surface area contributed by atoms with Crippen molar-refractivity contribution in [2.75, 3.05) is 13.1 Å². The minimum absolute atomic E-state index is 0.134. The van der Waals surface area contributed by atoms with E-state index >= 15 is 0 Å². The van der Waals surface area contributed by atoms with Gasteiger partial charge in [0, 0.05) is 37.0 Å². The monoisotopic (exact) mass is 372 g/mol. The summed E-state index contributed by atoms with van der Waals surface area (Å²) in [7, 11) is -3.48. The number of carbonyl (C=O) groups excluding carboxylic acids is 1. The summed E-state index contributed by atoms with van der Waals surface area (Å²) in [5.41, 5.74) is 2.28. The molecule has 2 aliphatic rings. The van der Waals surface area contributed by atoms with Gasteiger partial charge in [-0.1, -0.05) is 6.42 Å². The molecule has 8 heteroatoms. The summed E-state index contributed by atoms with van der Waals surface area (Å²) in [6, 6.07) is 6.24. The lowest BCUT2D eigenvalue weighted by molar-refractivity contribution is 0.0750.